The van der Waals surface area contributed by atoms with E-state index in [2.05, 4.69) is 0 Å². The molecule has 12 heavy (non-hydrogen) atoms. The lowest BCUT2D eigenvalue weighted by Crippen LogP contribution is -2.17. The van der Waals surface area contributed by atoms with Crippen LogP contribution in [0.2, 0.25) is 0 Å². The Kier molecular flexibility index (Phi) is 3.84. The first kappa shape index (κ1) is 10.3. The Hall–Kier alpha value is 0.240. The van der Waals surface area contributed by atoms with E-state index in [1.807, 2.05) is 0 Å². The molecule has 2 nitrogen and oxygen atoms in total. The van der Waals surface area contributed by atoms with Gasteiger partial charge in [-0.1, -0.05) is 12.8 Å². The molecule has 1 saturated carbocycles. The number of alkyl halides is 1. The normalized spacial score (nSPS) is 20.1. The summed E-state index contributed by atoms with van der Waals surface area (Å²) < 4.78 is 22.6. The van der Waals surface area contributed by atoms with Gasteiger partial charge in [0.25, 0.3) is 0 Å². The van der Waals surface area contributed by atoms with Crippen LogP contribution in [0.25, 0.3) is 0 Å². The van der Waals surface area contributed by atoms with Gasteiger partial charge in [-0.05, 0) is 18.8 Å². The summed E-state index contributed by atoms with van der Waals surface area (Å²) in [6, 6.07) is 0. The number of hydrogen-bond donors (Lipinski definition) is 0. The van der Waals surface area contributed by atoms with Gasteiger partial charge in [-0.25, -0.2) is 8.42 Å². The molecule has 72 valence electrons. The van der Waals surface area contributed by atoms with Crippen LogP contribution in [0.1, 0.15) is 25.7 Å². The Morgan fingerprint density at radius 2 is 1.83 bits per heavy atom. The Morgan fingerprint density at radius 3 is 2.33 bits per heavy atom. The van der Waals surface area contributed by atoms with Gasteiger partial charge in [0.05, 0.1) is 11.5 Å². The zero-order valence-corrected chi connectivity index (χ0v) is 8.70. The molecule has 0 bridgehead atoms. The van der Waals surface area contributed by atoms with Gasteiger partial charge in [0.2, 0.25) is 0 Å². The third-order valence-electron chi connectivity index (χ3n) is 2.35. The molecule has 1 aliphatic rings. The molecule has 0 spiro atoms. The van der Waals surface area contributed by atoms with Crippen molar-refractivity contribution in [1.82, 2.24) is 0 Å². The molecule has 0 aliphatic heterocycles. The van der Waals surface area contributed by atoms with Crippen molar-refractivity contribution in [2.24, 2.45) is 5.92 Å². The standard InChI is InChI=1S/C8H15ClO2S/c9-5-6-12(10,11)7-8-3-1-2-4-8/h8H,1-7H2. The molecule has 0 aromatic heterocycles. The zero-order chi connectivity index (χ0) is 9.03. The van der Waals surface area contributed by atoms with Crippen molar-refractivity contribution in [1.29, 1.82) is 0 Å². The van der Waals surface area contributed by atoms with Crippen molar-refractivity contribution >= 4 is 21.4 Å². The fourth-order valence-electron chi connectivity index (χ4n) is 1.74. The highest BCUT2D eigenvalue weighted by Gasteiger charge is 2.21. The van der Waals surface area contributed by atoms with Gasteiger partial charge in [-0.3, -0.25) is 0 Å². The molecule has 1 rings (SSSR count). The molecule has 0 unspecified atom stereocenters. The first-order valence-corrected chi connectivity index (χ1v) is 6.76. The fraction of sp³-hybridized carbons (Fsp3) is 1.00. The molecule has 4 heteroatoms. The average Bonchev–Trinajstić information content (AvgIpc) is 2.38. The van der Waals surface area contributed by atoms with E-state index in [0.717, 1.165) is 12.8 Å². The Balaban J connectivity index is 2.38. The van der Waals surface area contributed by atoms with E-state index < -0.39 is 9.84 Å². The van der Waals surface area contributed by atoms with Crippen LogP contribution < -0.4 is 0 Å². The van der Waals surface area contributed by atoms with Crippen LogP contribution in [0, 0.1) is 5.92 Å². The van der Waals surface area contributed by atoms with Crippen LogP contribution in [0.15, 0.2) is 0 Å². The summed E-state index contributed by atoms with van der Waals surface area (Å²) in [7, 11) is -2.85. The smallest absolute Gasteiger partial charge is 0.151 e. The maximum atomic E-state index is 11.3. The molecule has 0 amide bonds. The van der Waals surface area contributed by atoms with Crippen LogP contribution in [-0.4, -0.2) is 25.8 Å². The van der Waals surface area contributed by atoms with Crippen molar-refractivity contribution in [2.45, 2.75) is 25.7 Å². The van der Waals surface area contributed by atoms with Crippen LogP contribution in [-0.2, 0) is 9.84 Å². The van der Waals surface area contributed by atoms with E-state index in [9.17, 15) is 8.42 Å². The third kappa shape index (κ3) is 3.31. The molecular formula is C8H15ClO2S. The maximum absolute atomic E-state index is 11.3. The molecule has 1 fully saturated rings. The van der Waals surface area contributed by atoms with Crippen LogP contribution in [0.5, 0.6) is 0 Å². The Labute approximate surface area is 79.2 Å². The van der Waals surface area contributed by atoms with Gasteiger partial charge in [0.1, 0.15) is 0 Å². The topological polar surface area (TPSA) is 34.1 Å². The zero-order valence-electron chi connectivity index (χ0n) is 7.13. The second-order valence-electron chi connectivity index (χ2n) is 3.45. The summed E-state index contributed by atoms with van der Waals surface area (Å²) in [4.78, 5) is 0. The summed E-state index contributed by atoms with van der Waals surface area (Å²) >= 11 is 5.39. The lowest BCUT2D eigenvalue weighted by molar-refractivity contribution is 0.560. The molecule has 0 heterocycles. The SMILES string of the molecule is O=S(=O)(CCCl)CC1CCCC1. The minimum atomic E-state index is -2.85. The van der Waals surface area contributed by atoms with Crippen LogP contribution in [0.3, 0.4) is 0 Å². The van der Waals surface area contributed by atoms with E-state index in [-0.39, 0.29) is 11.6 Å². The lowest BCUT2D eigenvalue weighted by atomic mass is 10.1. The van der Waals surface area contributed by atoms with Gasteiger partial charge >= 0.3 is 0 Å². The summed E-state index contributed by atoms with van der Waals surface area (Å²) in [5.41, 5.74) is 0. The number of rotatable bonds is 4. The molecule has 0 N–H and O–H groups in total. The average molecular weight is 211 g/mol. The minimum absolute atomic E-state index is 0.144. The highest BCUT2D eigenvalue weighted by Crippen LogP contribution is 2.26. The summed E-state index contributed by atoms with van der Waals surface area (Å²) in [6.07, 6.45) is 4.56. The first-order chi connectivity index (χ1) is 5.64. The monoisotopic (exact) mass is 210 g/mol. The van der Waals surface area contributed by atoms with Crippen LogP contribution in [0.4, 0.5) is 0 Å². The predicted octanol–water partition coefficient (Wildman–Crippen LogP) is 1.83. The van der Waals surface area contributed by atoms with Gasteiger partial charge in [0.15, 0.2) is 9.84 Å². The van der Waals surface area contributed by atoms with E-state index in [1.165, 1.54) is 12.8 Å². The van der Waals surface area contributed by atoms with Crippen molar-refractivity contribution in [2.75, 3.05) is 17.4 Å². The largest absolute Gasteiger partial charge is 0.229 e. The first-order valence-electron chi connectivity index (χ1n) is 4.40. The van der Waals surface area contributed by atoms with E-state index in [0.29, 0.717) is 11.7 Å². The Morgan fingerprint density at radius 1 is 1.25 bits per heavy atom. The maximum Gasteiger partial charge on any atom is 0.151 e. The number of halogens is 1. The molecular weight excluding hydrogens is 196 g/mol. The highest BCUT2D eigenvalue weighted by molar-refractivity contribution is 7.91. The van der Waals surface area contributed by atoms with Crippen molar-refractivity contribution in [3.8, 4) is 0 Å². The quantitative estimate of drug-likeness (QED) is 0.664. The second-order valence-corrected chi connectivity index (χ2v) is 6.06. The highest BCUT2D eigenvalue weighted by atomic mass is 35.5. The van der Waals surface area contributed by atoms with Gasteiger partial charge in [-0.15, -0.1) is 11.6 Å². The van der Waals surface area contributed by atoms with Crippen LogP contribution >= 0.6 is 11.6 Å². The van der Waals surface area contributed by atoms with E-state index in [1.54, 1.807) is 0 Å². The predicted molar refractivity (Wildman–Crippen MR) is 51.3 cm³/mol. The molecule has 0 atom stereocenters. The van der Waals surface area contributed by atoms with Crippen molar-refractivity contribution in [3.05, 3.63) is 0 Å². The summed E-state index contributed by atoms with van der Waals surface area (Å²) in [6.45, 7) is 0. The van der Waals surface area contributed by atoms with Gasteiger partial charge < -0.3 is 0 Å². The minimum Gasteiger partial charge on any atom is -0.229 e. The second kappa shape index (κ2) is 4.47. The molecule has 0 aromatic rings. The molecule has 0 saturated heterocycles. The number of sulfone groups is 1. The summed E-state index contributed by atoms with van der Waals surface area (Å²) in [5.74, 6) is 1.15. The fourth-order valence-corrected chi connectivity index (χ4v) is 3.90. The van der Waals surface area contributed by atoms with Gasteiger partial charge in [0, 0.05) is 5.88 Å². The van der Waals surface area contributed by atoms with Crippen molar-refractivity contribution < 1.29 is 8.42 Å². The van der Waals surface area contributed by atoms with Gasteiger partial charge in [-0.2, -0.15) is 0 Å². The Bertz CT molecular complexity index is 217. The lowest BCUT2D eigenvalue weighted by Gasteiger charge is -2.07. The molecule has 1 aliphatic carbocycles. The van der Waals surface area contributed by atoms with Crippen molar-refractivity contribution in [3.63, 3.8) is 0 Å². The number of hydrogen-bond acceptors (Lipinski definition) is 2. The van der Waals surface area contributed by atoms with E-state index >= 15 is 0 Å². The summed E-state index contributed by atoms with van der Waals surface area (Å²) in [5, 5.41) is 0. The van der Waals surface area contributed by atoms with E-state index in [4.69, 9.17) is 11.6 Å². The molecule has 0 aromatic carbocycles. The third-order valence-corrected chi connectivity index (χ3v) is 4.57. The molecule has 0 radical (unpaired) electrons.